The molecule has 0 radical (unpaired) electrons. The van der Waals surface area contributed by atoms with E-state index in [0.717, 1.165) is 31.4 Å². The second-order valence-electron chi connectivity index (χ2n) is 7.19. The second kappa shape index (κ2) is 9.76. The van der Waals surface area contributed by atoms with Gasteiger partial charge in [-0.25, -0.2) is 17.6 Å². The number of ether oxygens (including phenoxy) is 1. The molecule has 0 spiro atoms. The molecule has 1 heterocycles. The van der Waals surface area contributed by atoms with E-state index in [4.69, 9.17) is 16.3 Å². The lowest BCUT2D eigenvalue weighted by Gasteiger charge is -2.26. The van der Waals surface area contributed by atoms with Gasteiger partial charge in [-0.1, -0.05) is 24.1 Å². The molecule has 0 aliphatic carbocycles. The van der Waals surface area contributed by atoms with Crippen molar-refractivity contribution >= 4 is 39.2 Å². The van der Waals surface area contributed by atoms with E-state index in [-0.39, 0.29) is 21.2 Å². The number of carbonyl (C=O) groups excluding carboxylic acids is 2. The molecule has 1 saturated heterocycles. The molecule has 166 valence electrons. The molecule has 2 aromatic rings. The fourth-order valence-electron chi connectivity index (χ4n) is 3.20. The average Bonchev–Trinajstić information content (AvgIpc) is 2.75. The first-order chi connectivity index (χ1) is 14.7. The number of benzene rings is 2. The predicted octanol–water partition coefficient (Wildman–Crippen LogP) is 3.76. The fraction of sp³-hybridized carbons (Fsp3) is 0.333. The molecule has 2 aromatic carbocycles. The summed E-state index contributed by atoms with van der Waals surface area (Å²) < 4.78 is 45.5. The number of piperidine rings is 1. The second-order valence-corrected chi connectivity index (χ2v) is 9.51. The Morgan fingerprint density at radius 3 is 2.55 bits per heavy atom. The zero-order chi connectivity index (χ0) is 22.6. The van der Waals surface area contributed by atoms with Crippen LogP contribution < -0.4 is 5.32 Å². The molecule has 0 bridgehead atoms. The maximum Gasteiger partial charge on any atom is 0.338 e. The molecule has 1 aliphatic heterocycles. The van der Waals surface area contributed by atoms with Gasteiger partial charge in [-0.05, 0) is 55.7 Å². The lowest BCUT2D eigenvalue weighted by atomic mass is 10.2. The maximum absolute atomic E-state index is 13.3. The van der Waals surface area contributed by atoms with Crippen LogP contribution in [0.4, 0.5) is 10.1 Å². The van der Waals surface area contributed by atoms with Crippen molar-refractivity contribution in [1.82, 2.24) is 4.31 Å². The smallest absolute Gasteiger partial charge is 0.338 e. The van der Waals surface area contributed by atoms with Gasteiger partial charge in [-0.3, -0.25) is 4.79 Å². The molecule has 7 nitrogen and oxygen atoms in total. The highest BCUT2D eigenvalue weighted by Gasteiger charge is 2.29. The molecule has 1 aliphatic rings. The minimum atomic E-state index is -3.85. The molecular formula is C21H22ClFN2O5S. The summed E-state index contributed by atoms with van der Waals surface area (Å²) in [6.07, 6.45) is 2.49. The standard InChI is InChI=1S/C21H22ClFN2O5S/c1-14-5-7-16(23)12-18(14)24-20(26)13-30-21(27)15-6-8-17(22)19(11-15)31(28,29)25-9-3-2-4-10-25/h5-8,11-12H,2-4,9-10,13H2,1H3,(H,24,26). The first-order valence-corrected chi connectivity index (χ1v) is 11.5. The number of hydrogen-bond acceptors (Lipinski definition) is 5. The zero-order valence-electron chi connectivity index (χ0n) is 16.9. The summed E-state index contributed by atoms with van der Waals surface area (Å²) in [5, 5.41) is 2.47. The van der Waals surface area contributed by atoms with Crippen molar-refractivity contribution in [3.05, 3.63) is 58.4 Å². The number of amides is 1. The Labute approximate surface area is 185 Å². The summed E-state index contributed by atoms with van der Waals surface area (Å²) in [5.74, 6) is -2.04. The Balaban J connectivity index is 1.68. The first-order valence-electron chi connectivity index (χ1n) is 9.71. The minimum absolute atomic E-state index is 0.00134. The Morgan fingerprint density at radius 1 is 1.13 bits per heavy atom. The largest absolute Gasteiger partial charge is 0.452 e. The van der Waals surface area contributed by atoms with Gasteiger partial charge in [0.25, 0.3) is 5.91 Å². The van der Waals surface area contributed by atoms with Gasteiger partial charge < -0.3 is 10.1 Å². The topological polar surface area (TPSA) is 92.8 Å². The number of halogens is 2. The molecular weight excluding hydrogens is 447 g/mol. The number of nitrogens with zero attached hydrogens (tertiary/aromatic N) is 1. The van der Waals surface area contributed by atoms with Crippen molar-refractivity contribution in [2.75, 3.05) is 25.0 Å². The third kappa shape index (κ3) is 5.61. The van der Waals surface area contributed by atoms with Crippen molar-refractivity contribution < 1.29 is 27.1 Å². The fourth-order valence-corrected chi connectivity index (χ4v) is 5.22. The van der Waals surface area contributed by atoms with E-state index in [1.807, 2.05) is 0 Å². The number of esters is 1. The Kier molecular flexibility index (Phi) is 7.30. The lowest BCUT2D eigenvalue weighted by molar-refractivity contribution is -0.119. The Morgan fingerprint density at radius 2 is 1.84 bits per heavy atom. The summed E-state index contributed by atoms with van der Waals surface area (Å²) in [6, 6.07) is 7.73. The minimum Gasteiger partial charge on any atom is -0.452 e. The molecule has 3 rings (SSSR count). The van der Waals surface area contributed by atoms with Gasteiger partial charge in [0, 0.05) is 18.8 Å². The van der Waals surface area contributed by atoms with Crippen LogP contribution >= 0.6 is 11.6 Å². The van der Waals surface area contributed by atoms with Crippen LogP contribution in [0, 0.1) is 12.7 Å². The van der Waals surface area contributed by atoms with Gasteiger partial charge in [0.2, 0.25) is 10.0 Å². The van der Waals surface area contributed by atoms with Gasteiger partial charge in [0.15, 0.2) is 6.61 Å². The summed E-state index contributed by atoms with van der Waals surface area (Å²) in [4.78, 5) is 24.3. The Hall–Kier alpha value is -2.49. The monoisotopic (exact) mass is 468 g/mol. The maximum atomic E-state index is 13.3. The SMILES string of the molecule is Cc1ccc(F)cc1NC(=O)COC(=O)c1ccc(Cl)c(S(=O)(=O)N2CCCCC2)c1. The van der Waals surface area contributed by atoms with Crippen LogP contribution in [0.3, 0.4) is 0 Å². The summed E-state index contributed by atoms with van der Waals surface area (Å²) in [6.45, 7) is 1.87. The molecule has 1 fully saturated rings. The van der Waals surface area contributed by atoms with Crippen molar-refractivity contribution in [3.63, 3.8) is 0 Å². The molecule has 0 unspecified atom stereocenters. The number of anilines is 1. The first kappa shape index (κ1) is 23.2. The predicted molar refractivity (Wildman–Crippen MR) is 114 cm³/mol. The third-order valence-corrected chi connectivity index (χ3v) is 7.29. The highest BCUT2D eigenvalue weighted by molar-refractivity contribution is 7.89. The van der Waals surface area contributed by atoms with E-state index in [1.54, 1.807) is 6.92 Å². The molecule has 10 heteroatoms. The molecule has 0 saturated carbocycles. The van der Waals surface area contributed by atoms with Crippen LogP contribution in [0.15, 0.2) is 41.3 Å². The van der Waals surface area contributed by atoms with Crippen LogP contribution in [0.1, 0.15) is 35.2 Å². The lowest BCUT2D eigenvalue weighted by Crippen LogP contribution is -2.35. The quantitative estimate of drug-likeness (QED) is 0.651. The van der Waals surface area contributed by atoms with E-state index in [0.29, 0.717) is 18.7 Å². The highest BCUT2D eigenvalue weighted by Crippen LogP contribution is 2.28. The Bertz CT molecular complexity index is 1100. The molecule has 31 heavy (non-hydrogen) atoms. The third-order valence-electron chi connectivity index (χ3n) is 4.91. The van der Waals surface area contributed by atoms with Crippen LogP contribution in [0.25, 0.3) is 0 Å². The average molecular weight is 469 g/mol. The number of hydrogen-bond donors (Lipinski definition) is 1. The van der Waals surface area contributed by atoms with Gasteiger partial charge in [0.1, 0.15) is 10.7 Å². The highest BCUT2D eigenvalue weighted by atomic mass is 35.5. The number of aryl methyl sites for hydroxylation is 1. The van der Waals surface area contributed by atoms with Crippen LogP contribution in [-0.4, -0.2) is 44.3 Å². The van der Waals surface area contributed by atoms with Gasteiger partial charge in [-0.2, -0.15) is 4.31 Å². The van der Waals surface area contributed by atoms with Crippen molar-refractivity contribution in [2.45, 2.75) is 31.1 Å². The molecule has 1 N–H and O–H groups in total. The van der Waals surface area contributed by atoms with Gasteiger partial charge >= 0.3 is 5.97 Å². The van der Waals surface area contributed by atoms with E-state index in [9.17, 15) is 22.4 Å². The summed E-state index contributed by atoms with van der Waals surface area (Å²) in [7, 11) is -3.85. The number of nitrogens with one attached hydrogen (secondary N) is 1. The number of carbonyl (C=O) groups is 2. The van der Waals surface area contributed by atoms with Crippen LogP contribution in [0.2, 0.25) is 5.02 Å². The van der Waals surface area contributed by atoms with Crippen molar-refractivity contribution in [2.24, 2.45) is 0 Å². The van der Waals surface area contributed by atoms with Gasteiger partial charge in [-0.15, -0.1) is 0 Å². The summed E-state index contributed by atoms with van der Waals surface area (Å²) >= 11 is 6.10. The van der Waals surface area contributed by atoms with Crippen LogP contribution in [-0.2, 0) is 19.6 Å². The molecule has 0 atom stereocenters. The molecule has 1 amide bonds. The van der Waals surface area contributed by atoms with Gasteiger partial charge in [0.05, 0.1) is 10.6 Å². The number of sulfonamides is 1. The van der Waals surface area contributed by atoms with E-state index in [2.05, 4.69) is 5.32 Å². The van der Waals surface area contributed by atoms with E-state index < -0.39 is 34.3 Å². The van der Waals surface area contributed by atoms with Crippen molar-refractivity contribution in [1.29, 1.82) is 0 Å². The van der Waals surface area contributed by atoms with E-state index in [1.165, 1.54) is 28.6 Å². The van der Waals surface area contributed by atoms with Crippen molar-refractivity contribution in [3.8, 4) is 0 Å². The normalized spacial score (nSPS) is 14.8. The number of rotatable bonds is 6. The zero-order valence-corrected chi connectivity index (χ0v) is 18.4. The van der Waals surface area contributed by atoms with E-state index >= 15 is 0 Å². The van der Waals surface area contributed by atoms with Crippen LogP contribution in [0.5, 0.6) is 0 Å². The summed E-state index contributed by atoms with van der Waals surface area (Å²) in [5.41, 5.74) is 0.864. The molecule has 0 aromatic heterocycles.